The van der Waals surface area contributed by atoms with Crippen molar-refractivity contribution in [1.29, 1.82) is 0 Å². The van der Waals surface area contributed by atoms with Gasteiger partial charge in [-0.2, -0.15) is 0 Å². The van der Waals surface area contributed by atoms with Crippen LogP contribution in [0.2, 0.25) is 0 Å². The lowest BCUT2D eigenvalue weighted by atomic mass is 9.92. The average Bonchev–Trinajstić information content (AvgIpc) is 3.44. The molecule has 0 aromatic rings. The van der Waals surface area contributed by atoms with Gasteiger partial charge in [-0.25, -0.2) is 0 Å². The van der Waals surface area contributed by atoms with E-state index >= 15 is 0 Å². The third kappa shape index (κ3) is 46.8. The molecule has 1 unspecified atom stereocenters. The van der Waals surface area contributed by atoms with Gasteiger partial charge in [0.05, 0.1) is 31.0 Å². The molecule has 6 nitrogen and oxygen atoms in total. The highest BCUT2D eigenvalue weighted by Gasteiger charge is 2.36. The van der Waals surface area contributed by atoms with Crippen molar-refractivity contribution in [3.63, 3.8) is 0 Å². The molecule has 2 N–H and O–H groups in total. The highest BCUT2D eigenvalue weighted by molar-refractivity contribution is 5.80. The maximum absolute atomic E-state index is 12.5. The van der Waals surface area contributed by atoms with Crippen molar-refractivity contribution >= 4 is 11.9 Å². The summed E-state index contributed by atoms with van der Waals surface area (Å²) in [6.07, 6.45) is 78.7. The molecule has 0 saturated carbocycles. The SMILES string of the molecule is CCCCCCCCCCCCCCCCCCCCCCCCCCCCCCCCCCCC/C=C/CCCCCCCCCCCCCCCCCCC1CC(=O)OCC(CO)(CO)COC1=O. The molecule has 0 radical (unpaired) electrons. The predicted octanol–water partition coefficient (Wildman–Crippen LogP) is 20.3. The van der Waals surface area contributed by atoms with E-state index < -0.39 is 36.5 Å². The maximum Gasteiger partial charge on any atom is 0.309 e. The topological polar surface area (TPSA) is 93.1 Å². The first kappa shape index (κ1) is 67.6. The van der Waals surface area contributed by atoms with Crippen LogP contribution in [0.4, 0.5) is 0 Å². The zero-order valence-electron chi connectivity index (χ0n) is 47.8. The number of esters is 2. The number of aliphatic hydroxyl groups is 2. The summed E-state index contributed by atoms with van der Waals surface area (Å²) in [6, 6.07) is 0. The Balaban J connectivity index is 1.68. The predicted molar refractivity (Wildman–Crippen MR) is 306 cm³/mol. The minimum atomic E-state index is -1.12. The van der Waals surface area contributed by atoms with Crippen molar-refractivity contribution in [3.8, 4) is 0 Å². The molecule has 1 fully saturated rings. The van der Waals surface area contributed by atoms with Gasteiger partial charge in [-0.1, -0.05) is 327 Å². The van der Waals surface area contributed by atoms with Crippen LogP contribution in [0.3, 0.4) is 0 Å². The Kier molecular flexibility index (Phi) is 52.2. The Bertz CT molecular complexity index is 1120. The van der Waals surface area contributed by atoms with Gasteiger partial charge in [0.1, 0.15) is 13.2 Å². The molecular weight excluding hydrogens is 877 g/mol. The van der Waals surface area contributed by atoms with Crippen molar-refractivity contribution in [2.75, 3.05) is 26.4 Å². The summed E-state index contributed by atoms with van der Waals surface area (Å²) >= 11 is 0. The third-order valence-corrected chi connectivity index (χ3v) is 16.0. The van der Waals surface area contributed by atoms with Gasteiger partial charge in [-0.3, -0.25) is 9.59 Å². The molecule has 0 aromatic heterocycles. The van der Waals surface area contributed by atoms with Crippen LogP contribution in [-0.4, -0.2) is 48.6 Å². The summed E-state index contributed by atoms with van der Waals surface area (Å²) in [4.78, 5) is 24.7. The van der Waals surface area contributed by atoms with Gasteiger partial charge < -0.3 is 19.7 Å². The van der Waals surface area contributed by atoms with Gasteiger partial charge in [-0.15, -0.1) is 0 Å². The minimum absolute atomic E-state index is 0.00341. The molecule has 0 amide bonds. The van der Waals surface area contributed by atoms with Crippen molar-refractivity contribution in [2.45, 2.75) is 354 Å². The van der Waals surface area contributed by atoms with Crippen LogP contribution in [0.5, 0.6) is 0 Å². The van der Waals surface area contributed by atoms with Gasteiger partial charge in [0.2, 0.25) is 0 Å². The van der Waals surface area contributed by atoms with Crippen LogP contribution in [0, 0.1) is 11.3 Å². The van der Waals surface area contributed by atoms with Gasteiger partial charge in [0.15, 0.2) is 0 Å². The van der Waals surface area contributed by atoms with E-state index in [1.54, 1.807) is 0 Å². The lowest BCUT2D eigenvalue weighted by molar-refractivity contribution is -0.155. The first-order valence-electron chi connectivity index (χ1n) is 32.3. The van der Waals surface area contributed by atoms with Gasteiger partial charge in [-0.05, 0) is 32.1 Å². The number of unbranched alkanes of at least 4 members (excludes halogenated alkanes) is 50. The fraction of sp³-hybridized carbons (Fsp3) is 0.938. The quantitative estimate of drug-likeness (QED) is 0.0358. The van der Waals surface area contributed by atoms with Crippen LogP contribution in [-0.2, 0) is 19.1 Å². The van der Waals surface area contributed by atoms with Crippen molar-refractivity contribution in [1.82, 2.24) is 0 Å². The monoisotopic (exact) mass is 1000 g/mol. The fourth-order valence-corrected chi connectivity index (χ4v) is 10.8. The molecule has 71 heavy (non-hydrogen) atoms. The van der Waals surface area contributed by atoms with Crippen LogP contribution in [0.25, 0.3) is 0 Å². The lowest BCUT2D eigenvalue weighted by Gasteiger charge is -2.27. The van der Waals surface area contributed by atoms with Crippen molar-refractivity contribution in [3.05, 3.63) is 12.2 Å². The van der Waals surface area contributed by atoms with E-state index in [2.05, 4.69) is 19.1 Å². The molecule has 420 valence electrons. The zero-order chi connectivity index (χ0) is 51.1. The Hall–Kier alpha value is -1.40. The Morgan fingerprint density at radius 2 is 0.606 bits per heavy atom. The number of hydrogen-bond acceptors (Lipinski definition) is 6. The van der Waals surface area contributed by atoms with Crippen molar-refractivity contribution < 1.29 is 29.3 Å². The van der Waals surface area contributed by atoms with Gasteiger partial charge in [0.25, 0.3) is 0 Å². The molecule has 0 spiro atoms. The molecule has 1 aliphatic heterocycles. The molecular formula is C65H124O6. The smallest absolute Gasteiger partial charge is 0.309 e. The fourth-order valence-electron chi connectivity index (χ4n) is 10.8. The first-order valence-corrected chi connectivity index (χ1v) is 32.3. The summed E-state index contributed by atoms with van der Waals surface area (Å²) in [5.74, 6) is -1.40. The van der Waals surface area contributed by atoms with Crippen LogP contribution < -0.4 is 0 Å². The van der Waals surface area contributed by atoms with E-state index in [0.29, 0.717) is 6.42 Å². The average molecular weight is 1000 g/mol. The number of carbonyl (C=O) groups is 2. The molecule has 1 atom stereocenters. The highest BCUT2D eigenvalue weighted by atomic mass is 16.6. The van der Waals surface area contributed by atoms with E-state index in [1.165, 1.54) is 315 Å². The molecule has 1 saturated heterocycles. The molecule has 0 aromatic carbocycles. The Morgan fingerprint density at radius 3 is 0.873 bits per heavy atom. The number of aliphatic hydroxyl groups excluding tert-OH is 2. The second kappa shape index (κ2) is 54.8. The number of hydrogen-bond donors (Lipinski definition) is 2. The number of ether oxygens (including phenoxy) is 2. The number of rotatable bonds is 56. The van der Waals surface area contributed by atoms with E-state index in [0.717, 1.165) is 19.3 Å². The molecule has 6 heteroatoms. The third-order valence-electron chi connectivity index (χ3n) is 16.0. The highest BCUT2D eigenvalue weighted by Crippen LogP contribution is 2.25. The Labute approximate surface area is 443 Å². The number of cyclic esters (lactones) is 2. The summed E-state index contributed by atoms with van der Waals surface area (Å²) < 4.78 is 10.6. The molecule has 1 rings (SSSR count). The van der Waals surface area contributed by atoms with E-state index in [-0.39, 0.29) is 19.6 Å². The van der Waals surface area contributed by atoms with E-state index in [1.807, 2.05) is 0 Å². The molecule has 1 heterocycles. The first-order chi connectivity index (χ1) is 35.1. The van der Waals surface area contributed by atoms with E-state index in [9.17, 15) is 19.8 Å². The van der Waals surface area contributed by atoms with E-state index in [4.69, 9.17) is 9.47 Å². The standard InChI is InChI=1S/C65H124O6/c1-2-3-4-5-6-7-8-9-10-11-12-13-14-15-16-17-18-19-20-21-22-23-24-25-26-27-28-29-30-31-32-33-34-35-36-37-38-39-40-41-42-43-44-45-46-47-48-49-50-51-52-53-54-55-56-62-57-63(68)70-60-65(58-66,59-67)61-71-64(62)69/h37-38,62,66-67H,2-36,39-61H2,1H3/b38-37+. The van der Waals surface area contributed by atoms with Gasteiger partial charge in [0, 0.05) is 0 Å². The van der Waals surface area contributed by atoms with Crippen LogP contribution in [0.15, 0.2) is 12.2 Å². The zero-order valence-corrected chi connectivity index (χ0v) is 47.8. The van der Waals surface area contributed by atoms with Crippen LogP contribution >= 0.6 is 0 Å². The summed E-state index contributed by atoms with van der Waals surface area (Å²) in [5.41, 5.74) is -1.12. The summed E-state index contributed by atoms with van der Waals surface area (Å²) in [5, 5.41) is 19.2. The Morgan fingerprint density at radius 1 is 0.366 bits per heavy atom. The molecule has 0 aliphatic carbocycles. The van der Waals surface area contributed by atoms with Crippen molar-refractivity contribution in [2.24, 2.45) is 11.3 Å². The number of carbonyl (C=O) groups excluding carboxylic acids is 2. The second-order valence-corrected chi connectivity index (χ2v) is 23.1. The number of allylic oxidation sites excluding steroid dienone is 2. The van der Waals surface area contributed by atoms with Crippen LogP contribution in [0.1, 0.15) is 354 Å². The molecule has 1 aliphatic rings. The maximum atomic E-state index is 12.5. The molecule has 0 bridgehead atoms. The van der Waals surface area contributed by atoms with Gasteiger partial charge >= 0.3 is 11.9 Å². The minimum Gasteiger partial charge on any atom is -0.465 e. The summed E-state index contributed by atoms with van der Waals surface area (Å²) in [6.45, 7) is 1.21. The summed E-state index contributed by atoms with van der Waals surface area (Å²) in [7, 11) is 0. The second-order valence-electron chi connectivity index (χ2n) is 23.1. The normalized spacial score (nSPS) is 15.3. The largest absolute Gasteiger partial charge is 0.465 e. The lowest BCUT2D eigenvalue weighted by Crippen LogP contribution is -2.40.